The molecule has 1 aromatic carbocycles. The summed E-state index contributed by atoms with van der Waals surface area (Å²) in [7, 11) is 1.44. The van der Waals surface area contributed by atoms with E-state index in [4.69, 9.17) is 27.9 Å². The molecule has 10 heteroatoms. The van der Waals surface area contributed by atoms with Crippen LogP contribution < -0.4 is 15.4 Å². The molecule has 0 aliphatic carbocycles. The van der Waals surface area contributed by atoms with Crippen LogP contribution in [0.15, 0.2) is 36.5 Å². The lowest BCUT2D eigenvalue weighted by Crippen LogP contribution is -2.26. The lowest BCUT2D eigenvalue weighted by atomic mass is 10.1. The van der Waals surface area contributed by atoms with Gasteiger partial charge in [-0.3, -0.25) is 9.59 Å². The van der Waals surface area contributed by atoms with Crippen molar-refractivity contribution < 1.29 is 14.3 Å². The molecule has 2 N–H and O–H groups in total. The first-order valence-electron chi connectivity index (χ1n) is 9.50. The predicted molar refractivity (Wildman–Crippen MR) is 120 cm³/mol. The Morgan fingerprint density at radius 2 is 1.97 bits per heavy atom. The van der Waals surface area contributed by atoms with Gasteiger partial charge < -0.3 is 15.4 Å². The number of nitrogens with zero attached hydrogens (tertiary/aromatic N) is 3. The highest BCUT2D eigenvalue weighted by Gasteiger charge is 2.23. The summed E-state index contributed by atoms with van der Waals surface area (Å²) in [6, 6.07) is 7.95. The molecule has 0 aliphatic rings. The molecule has 2 aromatic heterocycles. The highest BCUT2D eigenvalue weighted by molar-refractivity contribution is 6.32. The van der Waals surface area contributed by atoms with Gasteiger partial charge in [-0.25, -0.2) is 9.67 Å². The highest BCUT2D eigenvalue weighted by Crippen LogP contribution is 2.28. The number of halogens is 2. The number of nitrogens with one attached hydrogen (secondary N) is 2. The van der Waals surface area contributed by atoms with Gasteiger partial charge in [0.05, 0.1) is 23.4 Å². The molecule has 0 saturated carbocycles. The number of hydrogen-bond donors (Lipinski definition) is 2. The number of carbonyl (C=O) groups is 2. The van der Waals surface area contributed by atoms with Crippen molar-refractivity contribution in [3.63, 3.8) is 0 Å². The third-order valence-electron chi connectivity index (χ3n) is 4.39. The Hall–Kier alpha value is -3.10. The first-order valence-corrected chi connectivity index (χ1v) is 10.3. The Balaban J connectivity index is 2.02. The summed E-state index contributed by atoms with van der Waals surface area (Å²) in [6.07, 6.45) is 2.31. The van der Waals surface area contributed by atoms with Crippen LogP contribution in [0, 0.1) is 6.92 Å². The van der Waals surface area contributed by atoms with E-state index >= 15 is 0 Å². The van der Waals surface area contributed by atoms with E-state index in [1.807, 2.05) is 6.92 Å². The summed E-state index contributed by atoms with van der Waals surface area (Å²) >= 11 is 12.4. The average molecular weight is 462 g/mol. The van der Waals surface area contributed by atoms with Crippen molar-refractivity contribution in [3.05, 3.63) is 63.4 Å². The van der Waals surface area contributed by atoms with Crippen molar-refractivity contribution in [2.24, 2.45) is 0 Å². The maximum Gasteiger partial charge on any atom is 0.274 e. The van der Waals surface area contributed by atoms with Gasteiger partial charge in [0.1, 0.15) is 5.69 Å². The molecule has 162 valence electrons. The summed E-state index contributed by atoms with van der Waals surface area (Å²) in [4.78, 5) is 30.1. The number of aromatic nitrogens is 3. The number of aryl methyl sites for hydroxylation is 1. The van der Waals surface area contributed by atoms with Crippen molar-refractivity contribution in [3.8, 4) is 11.7 Å². The fourth-order valence-corrected chi connectivity index (χ4v) is 3.39. The molecule has 0 fully saturated rings. The SMILES string of the molecule is CCCNC(=O)c1cc(Cl)cc(C)c1NC(=O)c1cc(OC)nn1-c1ncccc1Cl. The molecular weight excluding hydrogens is 441 g/mol. The summed E-state index contributed by atoms with van der Waals surface area (Å²) in [5, 5.41) is 10.5. The molecule has 0 bridgehead atoms. The van der Waals surface area contributed by atoms with Gasteiger partial charge in [0.25, 0.3) is 11.8 Å². The van der Waals surface area contributed by atoms with Crippen LogP contribution in [0.25, 0.3) is 5.82 Å². The van der Waals surface area contributed by atoms with Crippen molar-refractivity contribution in [2.75, 3.05) is 19.0 Å². The number of amides is 2. The second kappa shape index (κ2) is 9.80. The van der Waals surface area contributed by atoms with E-state index in [0.717, 1.165) is 6.42 Å². The molecule has 0 atom stereocenters. The van der Waals surface area contributed by atoms with Crippen LogP contribution in [0.2, 0.25) is 10.0 Å². The molecule has 3 rings (SSSR count). The zero-order chi connectivity index (χ0) is 22.5. The molecule has 0 aliphatic heterocycles. The van der Waals surface area contributed by atoms with Crippen LogP contribution in [0.5, 0.6) is 5.88 Å². The first kappa shape index (κ1) is 22.6. The Morgan fingerprint density at radius 3 is 2.65 bits per heavy atom. The number of rotatable bonds is 7. The topological polar surface area (TPSA) is 98.1 Å². The Kier molecular flexibility index (Phi) is 7.14. The minimum absolute atomic E-state index is 0.131. The van der Waals surface area contributed by atoms with E-state index in [1.54, 1.807) is 25.1 Å². The lowest BCUT2D eigenvalue weighted by molar-refractivity contribution is 0.0954. The molecule has 0 unspecified atom stereocenters. The van der Waals surface area contributed by atoms with Gasteiger partial charge in [0.15, 0.2) is 5.82 Å². The van der Waals surface area contributed by atoms with Crippen molar-refractivity contribution >= 4 is 40.7 Å². The van der Waals surface area contributed by atoms with E-state index in [-0.39, 0.29) is 28.9 Å². The monoisotopic (exact) mass is 461 g/mol. The maximum atomic E-state index is 13.2. The van der Waals surface area contributed by atoms with Gasteiger partial charge in [-0.1, -0.05) is 30.1 Å². The third kappa shape index (κ3) is 4.98. The molecule has 8 nitrogen and oxygen atoms in total. The Labute approximate surface area is 189 Å². The quantitative estimate of drug-likeness (QED) is 0.546. The van der Waals surface area contributed by atoms with Crippen LogP contribution in [0.3, 0.4) is 0 Å². The first-order chi connectivity index (χ1) is 14.8. The van der Waals surface area contributed by atoms with Crippen LogP contribution in [-0.4, -0.2) is 40.2 Å². The van der Waals surface area contributed by atoms with Gasteiger partial charge in [-0.2, -0.15) is 0 Å². The number of methoxy groups -OCH3 is 1. The predicted octanol–water partition coefficient (Wildman–Crippen LogP) is 4.28. The maximum absolute atomic E-state index is 13.2. The molecule has 0 spiro atoms. The number of benzene rings is 1. The minimum atomic E-state index is -0.521. The normalized spacial score (nSPS) is 10.6. The van der Waals surface area contributed by atoms with E-state index < -0.39 is 5.91 Å². The van der Waals surface area contributed by atoms with Gasteiger partial charge >= 0.3 is 0 Å². The van der Waals surface area contributed by atoms with Crippen LogP contribution in [-0.2, 0) is 0 Å². The fourth-order valence-electron chi connectivity index (χ4n) is 2.92. The van der Waals surface area contributed by atoms with Crippen molar-refractivity contribution in [1.29, 1.82) is 0 Å². The Morgan fingerprint density at radius 1 is 1.19 bits per heavy atom. The zero-order valence-electron chi connectivity index (χ0n) is 17.2. The number of ether oxygens (including phenoxy) is 1. The van der Waals surface area contributed by atoms with Crippen LogP contribution in [0.4, 0.5) is 5.69 Å². The van der Waals surface area contributed by atoms with Gasteiger partial charge in [-0.15, -0.1) is 5.10 Å². The summed E-state index contributed by atoms with van der Waals surface area (Å²) in [6.45, 7) is 4.20. The van der Waals surface area contributed by atoms with Gasteiger partial charge in [0, 0.05) is 23.8 Å². The zero-order valence-corrected chi connectivity index (χ0v) is 18.7. The number of anilines is 1. The third-order valence-corrected chi connectivity index (χ3v) is 4.90. The van der Waals surface area contributed by atoms with E-state index in [9.17, 15) is 9.59 Å². The molecular formula is C21H21Cl2N5O3. The minimum Gasteiger partial charge on any atom is -0.480 e. The largest absolute Gasteiger partial charge is 0.480 e. The standard InChI is InChI=1S/C21H21Cl2N5O3/c1-4-7-25-20(29)14-10-13(22)9-12(2)18(14)26-21(30)16-11-17(31-3)27-28(16)19-15(23)6-5-8-24-19/h5-6,8-11H,4,7H2,1-3H3,(H,25,29)(H,26,30). The molecule has 0 radical (unpaired) electrons. The summed E-state index contributed by atoms with van der Waals surface area (Å²) in [5.41, 5.74) is 1.38. The molecule has 31 heavy (non-hydrogen) atoms. The lowest BCUT2D eigenvalue weighted by Gasteiger charge is -2.15. The average Bonchev–Trinajstić information content (AvgIpc) is 3.18. The van der Waals surface area contributed by atoms with Gasteiger partial charge in [-0.05, 0) is 43.2 Å². The highest BCUT2D eigenvalue weighted by atomic mass is 35.5. The summed E-state index contributed by atoms with van der Waals surface area (Å²) in [5.74, 6) is -0.374. The van der Waals surface area contributed by atoms with Crippen molar-refractivity contribution in [2.45, 2.75) is 20.3 Å². The smallest absolute Gasteiger partial charge is 0.274 e. The fraction of sp³-hybridized carbons (Fsp3) is 0.238. The molecule has 2 amide bonds. The number of pyridine rings is 1. The van der Waals surface area contributed by atoms with Crippen LogP contribution >= 0.6 is 23.2 Å². The Bertz CT molecular complexity index is 1130. The number of hydrogen-bond acceptors (Lipinski definition) is 5. The van der Waals surface area contributed by atoms with E-state index in [2.05, 4.69) is 20.7 Å². The van der Waals surface area contributed by atoms with Crippen LogP contribution in [0.1, 0.15) is 39.8 Å². The van der Waals surface area contributed by atoms with E-state index in [0.29, 0.717) is 27.8 Å². The molecule has 2 heterocycles. The van der Waals surface area contributed by atoms with Crippen molar-refractivity contribution in [1.82, 2.24) is 20.1 Å². The van der Waals surface area contributed by atoms with E-state index in [1.165, 1.54) is 30.1 Å². The molecule has 3 aromatic rings. The summed E-state index contributed by atoms with van der Waals surface area (Å²) < 4.78 is 6.47. The van der Waals surface area contributed by atoms with Gasteiger partial charge in [0.2, 0.25) is 5.88 Å². The second-order valence-corrected chi connectivity index (χ2v) is 7.49. The second-order valence-electron chi connectivity index (χ2n) is 6.65. The molecule has 0 saturated heterocycles. The number of carbonyl (C=O) groups excluding carboxylic acids is 2.